The molecule has 1 amide bonds. The fourth-order valence-corrected chi connectivity index (χ4v) is 6.35. The highest BCUT2D eigenvalue weighted by atomic mass is 35.5. The number of carbonyl (C=O) groups excluding carboxylic acids is 1. The molecule has 32 heavy (non-hydrogen) atoms. The number of fused-ring (bicyclic) bond motifs is 3. The monoisotopic (exact) mass is 486 g/mol. The maximum atomic E-state index is 13.3. The van der Waals surface area contributed by atoms with Crippen molar-refractivity contribution in [3.63, 3.8) is 0 Å². The summed E-state index contributed by atoms with van der Waals surface area (Å²) in [7, 11) is -3.82. The van der Waals surface area contributed by atoms with E-state index in [2.05, 4.69) is 5.32 Å². The molecular weight excluding hydrogens is 464 g/mol. The molecule has 1 aliphatic heterocycles. The van der Waals surface area contributed by atoms with Gasteiger partial charge in [0, 0.05) is 34.2 Å². The van der Waals surface area contributed by atoms with Crippen molar-refractivity contribution in [3.8, 4) is 11.1 Å². The molecule has 5 nitrogen and oxygen atoms in total. The van der Waals surface area contributed by atoms with Crippen molar-refractivity contribution in [3.05, 3.63) is 82.9 Å². The van der Waals surface area contributed by atoms with Crippen molar-refractivity contribution >= 4 is 45.0 Å². The Morgan fingerprint density at radius 3 is 2.66 bits per heavy atom. The molecule has 0 aliphatic carbocycles. The predicted octanol–water partition coefficient (Wildman–Crippen LogP) is 4.87. The van der Waals surface area contributed by atoms with E-state index in [1.165, 1.54) is 4.31 Å². The molecule has 0 radical (unpaired) electrons. The summed E-state index contributed by atoms with van der Waals surface area (Å²) < 4.78 is 27.8. The number of nitrogens with zero attached hydrogens (tertiary/aromatic N) is 1. The van der Waals surface area contributed by atoms with Gasteiger partial charge in [-0.3, -0.25) is 9.10 Å². The standard InChI is InChI=1S/C24H23ClN2O3S2/c1-17-9-10-22-21(13-17)20-7-2-3-8-23(20)32(29,30)27(22)15-24(28)26-11-12-31-16-18-5-4-6-19(25)14-18/h2-10,13-14H,11-12,15-16H2,1H3,(H,26,28). The molecule has 8 heteroatoms. The SMILES string of the molecule is Cc1ccc2c(c1)-c1ccccc1S(=O)(=O)N2CC(=O)NCCSCc1cccc(Cl)c1. The highest BCUT2D eigenvalue weighted by molar-refractivity contribution is 7.98. The van der Waals surface area contributed by atoms with Gasteiger partial charge in [-0.15, -0.1) is 0 Å². The number of hydrogen-bond acceptors (Lipinski definition) is 4. The second-order valence-corrected chi connectivity index (χ2v) is 10.9. The van der Waals surface area contributed by atoms with E-state index in [9.17, 15) is 13.2 Å². The third-order valence-corrected chi connectivity index (χ3v) is 8.26. The zero-order valence-corrected chi connectivity index (χ0v) is 19.9. The molecule has 0 aromatic heterocycles. The minimum Gasteiger partial charge on any atom is -0.354 e. The minimum absolute atomic E-state index is 0.225. The Morgan fingerprint density at radius 1 is 1.03 bits per heavy atom. The largest absolute Gasteiger partial charge is 0.354 e. The van der Waals surface area contributed by atoms with Crippen LogP contribution in [-0.2, 0) is 20.6 Å². The third kappa shape index (κ3) is 4.80. The lowest BCUT2D eigenvalue weighted by Crippen LogP contribution is -2.43. The molecule has 166 valence electrons. The highest BCUT2D eigenvalue weighted by Gasteiger charge is 2.35. The molecule has 0 spiro atoms. The van der Waals surface area contributed by atoms with Crippen LogP contribution in [0.15, 0.2) is 71.6 Å². The molecule has 1 aliphatic rings. The number of rotatable bonds is 7. The average molecular weight is 487 g/mol. The third-order valence-electron chi connectivity index (χ3n) is 5.18. The molecule has 0 saturated heterocycles. The zero-order chi connectivity index (χ0) is 22.7. The van der Waals surface area contributed by atoms with Crippen LogP contribution in [0.3, 0.4) is 0 Å². The lowest BCUT2D eigenvalue weighted by molar-refractivity contribution is -0.119. The second kappa shape index (κ2) is 9.57. The van der Waals surface area contributed by atoms with E-state index in [1.807, 2.05) is 49.4 Å². The molecule has 3 aromatic carbocycles. The van der Waals surface area contributed by atoms with E-state index in [0.29, 0.717) is 28.6 Å². The summed E-state index contributed by atoms with van der Waals surface area (Å²) in [5, 5.41) is 3.54. The quantitative estimate of drug-likeness (QED) is 0.483. The van der Waals surface area contributed by atoms with E-state index in [-0.39, 0.29) is 17.3 Å². The maximum absolute atomic E-state index is 13.3. The zero-order valence-electron chi connectivity index (χ0n) is 17.5. The lowest BCUT2D eigenvalue weighted by atomic mass is 10.0. The Balaban J connectivity index is 1.42. The normalized spacial score (nSPS) is 13.9. The smallest absolute Gasteiger partial charge is 0.265 e. The predicted molar refractivity (Wildman–Crippen MR) is 132 cm³/mol. The number of hydrogen-bond donors (Lipinski definition) is 1. The minimum atomic E-state index is -3.82. The first-order valence-corrected chi connectivity index (χ1v) is 13.2. The summed E-state index contributed by atoms with van der Waals surface area (Å²) in [5.41, 5.74) is 4.16. The number of benzene rings is 3. The van der Waals surface area contributed by atoms with Crippen LogP contribution in [-0.4, -0.2) is 33.2 Å². The number of carbonyl (C=O) groups is 1. The molecule has 0 saturated carbocycles. The Kier molecular flexibility index (Phi) is 6.79. The van der Waals surface area contributed by atoms with Gasteiger partial charge in [-0.05, 0) is 42.8 Å². The molecule has 0 bridgehead atoms. The molecule has 0 unspecified atom stereocenters. The van der Waals surface area contributed by atoms with Crippen LogP contribution in [0.1, 0.15) is 11.1 Å². The molecule has 1 heterocycles. The second-order valence-electron chi connectivity index (χ2n) is 7.56. The van der Waals surface area contributed by atoms with E-state index in [0.717, 1.165) is 22.4 Å². The van der Waals surface area contributed by atoms with Gasteiger partial charge in [0.1, 0.15) is 6.54 Å². The topological polar surface area (TPSA) is 66.5 Å². The van der Waals surface area contributed by atoms with Crippen LogP contribution >= 0.6 is 23.4 Å². The van der Waals surface area contributed by atoms with Crippen molar-refractivity contribution in [1.29, 1.82) is 0 Å². The Hall–Kier alpha value is -2.48. The number of halogens is 1. The number of thioether (sulfide) groups is 1. The highest BCUT2D eigenvalue weighted by Crippen LogP contribution is 2.43. The number of amides is 1. The van der Waals surface area contributed by atoms with Crippen molar-refractivity contribution in [1.82, 2.24) is 5.32 Å². The molecule has 3 aromatic rings. The maximum Gasteiger partial charge on any atom is 0.265 e. The van der Waals surface area contributed by atoms with E-state index >= 15 is 0 Å². The summed E-state index contributed by atoms with van der Waals surface area (Å²) in [5.74, 6) is 1.17. The Labute approximate surface area is 197 Å². The summed E-state index contributed by atoms with van der Waals surface area (Å²) in [4.78, 5) is 12.8. The van der Waals surface area contributed by atoms with Crippen molar-refractivity contribution in [2.24, 2.45) is 0 Å². The van der Waals surface area contributed by atoms with Gasteiger partial charge < -0.3 is 5.32 Å². The molecule has 0 fully saturated rings. The van der Waals surface area contributed by atoms with Crippen LogP contribution in [0.4, 0.5) is 5.69 Å². The summed E-state index contributed by atoms with van der Waals surface area (Å²) in [6.45, 7) is 2.16. The lowest BCUT2D eigenvalue weighted by Gasteiger charge is -2.31. The van der Waals surface area contributed by atoms with Gasteiger partial charge in [0.2, 0.25) is 5.91 Å². The van der Waals surface area contributed by atoms with Crippen molar-refractivity contribution < 1.29 is 13.2 Å². The van der Waals surface area contributed by atoms with Crippen LogP contribution in [0.5, 0.6) is 0 Å². The van der Waals surface area contributed by atoms with Crippen molar-refractivity contribution in [2.75, 3.05) is 23.1 Å². The average Bonchev–Trinajstić information content (AvgIpc) is 2.77. The van der Waals surface area contributed by atoms with E-state index in [1.54, 1.807) is 36.0 Å². The van der Waals surface area contributed by atoms with Gasteiger partial charge in [-0.2, -0.15) is 11.8 Å². The van der Waals surface area contributed by atoms with E-state index in [4.69, 9.17) is 11.6 Å². The fourth-order valence-electron chi connectivity index (χ4n) is 3.68. The van der Waals surface area contributed by atoms with Crippen LogP contribution in [0.2, 0.25) is 5.02 Å². The van der Waals surface area contributed by atoms with Gasteiger partial charge in [-0.1, -0.05) is 53.6 Å². The first-order chi connectivity index (χ1) is 15.4. The Bertz CT molecular complexity index is 1260. The first kappa shape index (κ1) is 22.7. The molecule has 4 rings (SSSR count). The molecule has 0 atom stereocenters. The van der Waals surface area contributed by atoms with Gasteiger partial charge in [-0.25, -0.2) is 8.42 Å². The van der Waals surface area contributed by atoms with E-state index < -0.39 is 10.0 Å². The van der Waals surface area contributed by atoms with Gasteiger partial charge in [0.25, 0.3) is 10.0 Å². The number of aryl methyl sites for hydroxylation is 1. The van der Waals surface area contributed by atoms with Crippen LogP contribution in [0.25, 0.3) is 11.1 Å². The summed E-state index contributed by atoms with van der Waals surface area (Å²) in [6, 6.07) is 20.2. The Morgan fingerprint density at radius 2 is 1.84 bits per heavy atom. The number of anilines is 1. The summed E-state index contributed by atoms with van der Waals surface area (Å²) >= 11 is 7.68. The molecular formula is C24H23ClN2O3S2. The van der Waals surface area contributed by atoms with Crippen LogP contribution in [0, 0.1) is 6.92 Å². The summed E-state index contributed by atoms with van der Waals surface area (Å²) in [6.07, 6.45) is 0. The number of sulfonamides is 1. The van der Waals surface area contributed by atoms with Crippen molar-refractivity contribution in [2.45, 2.75) is 17.6 Å². The molecule has 1 N–H and O–H groups in total. The fraction of sp³-hybridized carbons (Fsp3) is 0.208. The van der Waals surface area contributed by atoms with Gasteiger partial charge >= 0.3 is 0 Å². The number of nitrogens with one attached hydrogen (secondary N) is 1. The first-order valence-electron chi connectivity index (χ1n) is 10.2. The van der Waals surface area contributed by atoms with Gasteiger partial charge in [0.05, 0.1) is 10.6 Å². The van der Waals surface area contributed by atoms with Crippen LogP contribution < -0.4 is 9.62 Å². The van der Waals surface area contributed by atoms with Gasteiger partial charge in [0.15, 0.2) is 0 Å².